The number of rotatable bonds is 8. The number of carboxylic acids is 1. The largest absolute Gasteiger partial charge is 0.488 e. The van der Waals surface area contributed by atoms with E-state index in [0.717, 1.165) is 19.3 Å². The molecule has 2 aliphatic rings. The number of anilines is 1. The lowest BCUT2D eigenvalue weighted by Gasteiger charge is -2.31. The summed E-state index contributed by atoms with van der Waals surface area (Å²) < 4.78 is 13.4. The molecule has 2 heterocycles. The van der Waals surface area contributed by atoms with Crippen molar-refractivity contribution >= 4 is 39.3 Å². The van der Waals surface area contributed by atoms with Crippen LogP contribution in [0.15, 0.2) is 18.2 Å². The number of carboxylic acid groups (broad SMARTS) is 1. The van der Waals surface area contributed by atoms with Crippen molar-refractivity contribution in [1.29, 1.82) is 0 Å². The number of likely N-dealkylation sites (N-methyl/N-ethyl adjacent to an activating group) is 1. The van der Waals surface area contributed by atoms with Gasteiger partial charge in [-0.05, 0) is 36.8 Å². The maximum atomic E-state index is 12.5. The van der Waals surface area contributed by atoms with Crippen LogP contribution in [0.5, 0.6) is 5.75 Å². The molecule has 0 bridgehead atoms. The minimum Gasteiger partial charge on any atom is -0.488 e. The second-order valence-electron chi connectivity index (χ2n) is 6.80. The lowest BCUT2D eigenvalue weighted by atomic mass is 10.0. The highest BCUT2D eigenvalue weighted by Gasteiger charge is 2.35. The summed E-state index contributed by atoms with van der Waals surface area (Å²) in [5, 5.41) is 9.94. The molecule has 0 aromatic heterocycles. The first-order chi connectivity index (χ1) is 14.5. The van der Waals surface area contributed by atoms with Crippen molar-refractivity contribution in [2.45, 2.75) is 51.7 Å². The van der Waals surface area contributed by atoms with E-state index < -0.39 is 12.0 Å². The first kappa shape index (κ1) is 24.8. The van der Waals surface area contributed by atoms with Crippen LogP contribution in [0.3, 0.4) is 0 Å². The molecule has 1 aromatic carbocycles. The van der Waals surface area contributed by atoms with E-state index in [4.69, 9.17) is 9.47 Å². The zero-order valence-electron chi connectivity index (χ0n) is 18.1. The smallest absolute Gasteiger partial charge is 0.326 e. The van der Waals surface area contributed by atoms with Gasteiger partial charge in [0, 0.05) is 31.4 Å². The summed E-state index contributed by atoms with van der Waals surface area (Å²) in [6, 6.07) is 4.54. The van der Waals surface area contributed by atoms with Crippen LogP contribution in [0.2, 0.25) is 0 Å². The van der Waals surface area contributed by atoms with Gasteiger partial charge in [0.05, 0.1) is 18.9 Å². The lowest BCUT2D eigenvalue weighted by Crippen LogP contribution is -2.32. The molecule has 0 radical (unpaired) electrons. The highest BCUT2D eigenvalue weighted by atomic mass is 33.1. The lowest BCUT2D eigenvalue weighted by molar-refractivity contribution is -0.141. The Morgan fingerprint density at radius 2 is 2.03 bits per heavy atom. The SMILES string of the molecule is CC.CSSN(C)C(C(=O)O)c1cccc(OC2CCOCC2)c1N1CCCC1=O. The second-order valence-corrected chi connectivity index (χ2v) is 9.31. The molecule has 7 nitrogen and oxygen atoms in total. The normalized spacial score (nSPS) is 18.2. The number of carbonyl (C=O) groups excluding carboxylic acids is 1. The molecular formula is C21H32N2O5S2. The quantitative estimate of drug-likeness (QED) is 0.456. The molecule has 30 heavy (non-hydrogen) atoms. The van der Waals surface area contributed by atoms with Gasteiger partial charge in [-0.3, -0.25) is 9.59 Å². The van der Waals surface area contributed by atoms with Crippen molar-refractivity contribution in [3.8, 4) is 5.75 Å². The molecule has 0 aliphatic carbocycles. The van der Waals surface area contributed by atoms with Gasteiger partial charge in [0.15, 0.2) is 0 Å². The standard InChI is InChI=1S/C19H26N2O5S2.C2H6/c1-20(28-27-2)18(19(23)24)14-5-3-6-15(26-13-8-11-25-12-9-13)17(14)21-10-4-7-16(21)22;1-2/h3,5-6,13,18H,4,7-12H2,1-2H3,(H,23,24);1-2H3. The zero-order chi connectivity index (χ0) is 22.1. The Hall–Kier alpha value is -1.42. The molecule has 3 rings (SSSR count). The summed E-state index contributed by atoms with van der Waals surface area (Å²) in [7, 11) is 4.59. The number of carbonyl (C=O) groups is 2. The van der Waals surface area contributed by atoms with Crippen LogP contribution in [0.4, 0.5) is 5.69 Å². The Bertz CT molecular complexity index is 713. The molecule has 1 atom stereocenters. The molecule has 168 valence electrons. The average Bonchev–Trinajstić information content (AvgIpc) is 3.16. The predicted molar refractivity (Wildman–Crippen MR) is 123 cm³/mol. The molecule has 2 fully saturated rings. The van der Waals surface area contributed by atoms with Crippen LogP contribution in [-0.4, -0.2) is 60.5 Å². The maximum absolute atomic E-state index is 12.5. The Labute approximate surface area is 187 Å². The number of amides is 1. The molecule has 9 heteroatoms. The third kappa shape index (κ3) is 6.06. The number of hydrogen-bond donors (Lipinski definition) is 1. The van der Waals surface area contributed by atoms with Crippen LogP contribution >= 0.6 is 21.8 Å². The zero-order valence-corrected chi connectivity index (χ0v) is 19.8. The molecule has 2 aliphatic heterocycles. The topological polar surface area (TPSA) is 79.3 Å². The van der Waals surface area contributed by atoms with E-state index >= 15 is 0 Å². The fraction of sp³-hybridized carbons (Fsp3) is 0.619. The Morgan fingerprint density at radius 1 is 1.33 bits per heavy atom. The van der Waals surface area contributed by atoms with Crippen LogP contribution in [0.1, 0.15) is 51.1 Å². The maximum Gasteiger partial charge on any atom is 0.326 e. The van der Waals surface area contributed by atoms with Crippen molar-refractivity contribution in [2.75, 3.05) is 38.0 Å². The average molecular weight is 457 g/mol. The number of para-hydroxylation sites is 1. The second kappa shape index (κ2) is 12.4. The monoisotopic (exact) mass is 456 g/mol. The summed E-state index contributed by atoms with van der Waals surface area (Å²) in [5.74, 6) is -0.373. The third-order valence-electron chi connectivity index (χ3n) is 4.92. The summed E-state index contributed by atoms with van der Waals surface area (Å²) in [5.41, 5.74) is 1.17. The van der Waals surface area contributed by atoms with Gasteiger partial charge in [0.25, 0.3) is 0 Å². The fourth-order valence-electron chi connectivity index (χ4n) is 3.65. The van der Waals surface area contributed by atoms with E-state index in [1.807, 2.05) is 32.2 Å². The van der Waals surface area contributed by atoms with E-state index in [2.05, 4.69) is 0 Å². The fourth-order valence-corrected chi connectivity index (χ4v) is 5.14. The minimum absolute atomic E-state index is 0.00188. The molecule has 0 saturated carbocycles. The van der Waals surface area contributed by atoms with Crippen molar-refractivity contribution in [1.82, 2.24) is 4.31 Å². The van der Waals surface area contributed by atoms with Crippen LogP contribution in [0, 0.1) is 0 Å². The van der Waals surface area contributed by atoms with Gasteiger partial charge < -0.3 is 19.5 Å². The molecule has 1 aromatic rings. The molecular weight excluding hydrogens is 424 g/mol. The van der Waals surface area contributed by atoms with E-state index in [1.165, 1.54) is 21.8 Å². The van der Waals surface area contributed by atoms with Gasteiger partial charge in [-0.2, -0.15) is 0 Å². The van der Waals surface area contributed by atoms with Crippen molar-refractivity contribution in [3.63, 3.8) is 0 Å². The van der Waals surface area contributed by atoms with Crippen LogP contribution < -0.4 is 9.64 Å². The number of hydrogen-bond acceptors (Lipinski definition) is 7. The number of aliphatic carboxylic acids is 1. The highest BCUT2D eigenvalue weighted by molar-refractivity contribution is 8.75. The first-order valence-electron chi connectivity index (χ1n) is 10.4. The Morgan fingerprint density at radius 3 is 2.60 bits per heavy atom. The molecule has 1 unspecified atom stereocenters. The van der Waals surface area contributed by atoms with Gasteiger partial charge in [-0.15, -0.1) is 0 Å². The third-order valence-corrected chi connectivity index (χ3v) is 6.67. The number of ether oxygens (including phenoxy) is 2. The van der Waals surface area contributed by atoms with Gasteiger partial charge in [-0.25, -0.2) is 4.31 Å². The van der Waals surface area contributed by atoms with Gasteiger partial charge in [-0.1, -0.05) is 36.8 Å². The summed E-state index contributed by atoms with van der Waals surface area (Å²) in [4.78, 5) is 26.4. The predicted octanol–water partition coefficient (Wildman–Crippen LogP) is 4.38. The van der Waals surface area contributed by atoms with E-state index in [1.54, 1.807) is 22.3 Å². The van der Waals surface area contributed by atoms with E-state index in [-0.39, 0.29) is 12.0 Å². The molecule has 1 amide bonds. The van der Waals surface area contributed by atoms with Crippen molar-refractivity contribution in [2.24, 2.45) is 0 Å². The molecule has 0 spiro atoms. The van der Waals surface area contributed by atoms with Gasteiger partial charge in [0.1, 0.15) is 17.9 Å². The highest BCUT2D eigenvalue weighted by Crippen LogP contribution is 2.43. The first-order valence-corrected chi connectivity index (χ1v) is 12.9. The minimum atomic E-state index is -0.958. The van der Waals surface area contributed by atoms with Gasteiger partial charge in [0.2, 0.25) is 5.91 Å². The summed E-state index contributed by atoms with van der Waals surface area (Å²) >= 11 is 0. The Kier molecular flexibility index (Phi) is 10.3. The van der Waals surface area contributed by atoms with Crippen molar-refractivity contribution in [3.05, 3.63) is 23.8 Å². The van der Waals surface area contributed by atoms with Crippen molar-refractivity contribution < 1.29 is 24.2 Å². The summed E-state index contributed by atoms with van der Waals surface area (Å²) in [6.45, 7) is 5.87. The van der Waals surface area contributed by atoms with Crippen LogP contribution in [-0.2, 0) is 14.3 Å². The number of nitrogens with zero attached hydrogens (tertiary/aromatic N) is 2. The molecule has 1 N–H and O–H groups in total. The molecule has 2 saturated heterocycles. The van der Waals surface area contributed by atoms with Crippen LogP contribution in [0.25, 0.3) is 0 Å². The van der Waals surface area contributed by atoms with E-state index in [0.29, 0.717) is 43.2 Å². The van der Waals surface area contributed by atoms with Gasteiger partial charge >= 0.3 is 5.97 Å². The Balaban J connectivity index is 0.00000155. The van der Waals surface area contributed by atoms with E-state index in [9.17, 15) is 14.7 Å². The number of benzene rings is 1. The summed E-state index contributed by atoms with van der Waals surface area (Å²) in [6.07, 6.45) is 4.69.